The van der Waals surface area contributed by atoms with E-state index in [2.05, 4.69) is 10.6 Å². The SMILES string of the molecule is CC(N)CCNC(=O)c1ccc(NC(=O)C(C)C)cc1. The molecule has 0 spiro atoms. The molecule has 0 aliphatic heterocycles. The van der Waals surface area contributed by atoms with Crippen LogP contribution in [-0.2, 0) is 4.79 Å². The van der Waals surface area contributed by atoms with Crippen molar-refractivity contribution >= 4 is 17.5 Å². The van der Waals surface area contributed by atoms with Crippen molar-refractivity contribution in [3.63, 3.8) is 0 Å². The summed E-state index contributed by atoms with van der Waals surface area (Å²) in [5.74, 6) is -0.247. The number of nitrogens with one attached hydrogen (secondary N) is 2. The summed E-state index contributed by atoms with van der Waals surface area (Å²) in [5.41, 5.74) is 6.87. The first kappa shape index (κ1) is 16.2. The summed E-state index contributed by atoms with van der Waals surface area (Å²) in [6, 6.07) is 6.90. The van der Waals surface area contributed by atoms with Crippen molar-refractivity contribution in [2.24, 2.45) is 11.7 Å². The monoisotopic (exact) mass is 277 g/mol. The molecule has 5 nitrogen and oxygen atoms in total. The molecular formula is C15H23N3O2. The van der Waals surface area contributed by atoms with Crippen LogP contribution in [0.4, 0.5) is 5.69 Å². The number of nitrogens with two attached hydrogens (primary N) is 1. The molecule has 2 amide bonds. The van der Waals surface area contributed by atoms with Crippen LogP contribution in [0.3, 0.4) is 0 Å². The van der Waals surface area contributed by atoms with Gasteiger partial charge in [0.25, 0.3) is 5.91 Å². The Hall–Kier alpha value is -1.88. The van der Waals surface area contributed by atoms with Gasteiger partial charge in [-0.15, -0.1) is 0 Å². The van der Waals surface area contributed by atoms with Crippen LogP contribution >= 0.6 is 0 Å². The highest BCUT2D eigenvalue weighted by Gasteiger charge is 2.08. The Morgan fingerprint density at radius 1 is 1.15 bits per heavy atom. The third-order valence-electron chi connectivity index (χ3n) is 2.82. The maximum atomic E-state index is 11.8. The lowest BCUT2D eigenvalue weighted by Crippen LogP contribution is -2.28. The summed E-state index contributed by atoms with van der Waals surface area (Å²) in [5, 5.41) is 5.58. The van der Waals surface area contributed by atoms with Crippen molar-refractivity contribution in [1.29, 1.82) is 0 Å². The molecule has 0 saturated heterocycles. The molecular weight excluding hydrogens is 254 g/mol. The van der Waals surface area contributed by atoms with Crippen molar-refractivity contribution in [2.75, 3.05) is 11.9 Å². The first-order valence-corrected chi connectivity index (χ1v) is 6.85. The predicted octanol–water partition coefficient (Wildman–Crippen LogP) is 1.75. The zero-order valence-electron chi connectivity index (χ0n) is 12.3. The van der Waals surface area contributed by atoms with Gasteiger partial charge < -0.3 is 16.4 Å². The van der Waals surface area contributed by atoms with E-state index in [-0.39, 0.29) is 23.8 Å². The molecule has 1 atom stereocenters. The van der Waals surface area contributed by atoms with E-state index in [9.17, 15) is 9.59 Å². The van der Waals surface area contributed by atoms with Gasteiger partial charge in [-0.05, 0) is 37.6 Å². The predicted molar refractivity (Wildman–Crippen MR) is 80.5 cm³/mol. The second-order valence-corrected chi connectivity index (χ2v) is 5.24. The molecule has 1 aromatic carbocycles. The molecule has 5 heteroatoms. The summed E-state index contributed by atoms with van der Waals surface area (Å²) >= 11 is 0. The molecule has 0 saturated carbocycles. The molecule has 0 aromatic heterocycles. The maximum Gasteiger partial charge on any atom is 0.251 e. The third kappa shape index (κ3) is 5.40. The number of amides is 2. The second-order valence-electron chi connectivity index (χ2n) is 5.24. The average molecular weight is 277 g/mol. The van der Waals surface area contributed by atoms with Gasteiger partial charge in [0, 0.05) is 29.8 Å². The Morgan fingerprint density at radius 2 is 1.75 bits per heavy atom. The van der Waals surface area contributed by atoms with Crippen LogP contribution in [0.5, 0.6) is 0 Å². The van der Waals surface area contributed by atoms with Gasteiger partial charge in [0.15, 0.2) is 0 Å². The van der Waals surface area contributed by atoms with Crippen LogP contribution in [0, 0.1) is 5.92 Å². The molecule has 4 N–H and O–H groups in total. The minimum atomic E-state index is -0.132. The Labute approximate surface area is 119 Å². The smallest absolute Gasteiger partial charge is 0.251 e. The third-order valence-corrected chi connectivity index (χ3v) is 2.82. The van der Waals surface area contributed by atoms with Gasteiger partial charge in [-0.2, -0.15) is 0 Å². The molecule has 0 heterocycles. The number of carbonyl (C=O) groups is 2. The van der Waals surface area contributed by atoms with Crippen LogP contribution in [0.15, 0.2) is 24.3 Å². The number of rotatable bonds is 6. The standard InChI is InChI=1S/C15H23N3O2/c1-10(2)14(19)18-13-6-4-12(5-7-13)15(20)17-9-8-11(3)16/h4-7,10-11H,8-9,16H2,1-3H3,(H,17,20)(H,18,19). The van der Waals surface area contributed by atoms with E-state index in [1.165, 1.54) is 0 Å². The summed E-state index contributed by atoms with van der Waals surface area (Å²) in [6.45, 7) is 6.12. The Morgan fingerprint density at radius 3 is 2.25 bits per heavy atom. The van der Waals surface area contributed by atoms with E-state index in [1.54, 1.807) is 24.3 Å². The molecule has 1 unspecified atom stereocenters. The second kappa shape index (κ2) is 7.65. The molecule has 0 aliphatic carbocycles. The van der Waals surface area contributed by atoms with Crippen molar-refractivity contribution in [3.8, 4) is 0 Å². The van der Waals surface area contributed by atoms with Crippen molar-refractivity contribution in [3.05, 3.63) is 29.8 Å². The maximum absolute atomic E-state index is 11.8. The number of hydrogen-bond donors (Lipinski definition) is 3. The summed E-state index contributed by atoms with van der Waals surface area (Å²) in [7, 11) is 0. The van der Waals surface area contributed by atoms with Crippen molar-refractivity contribution in [1.82, 2.24) is 5.32 Å². The minimum absolute atomic E-state index is 0.0425. The minimum Gasteiger partial charge on any atom is -0.352 e. The van der Waals surface area contributed by atoms with Crippen molar-refractivity contribution in [2.45, 2.75) is 33.2 Å². The molecule has 1 aromatic rings. The lowest BCUT2D eigenvalue weighted by molar-refractivity contribution is -0.118. The molecule has 1 rings (SSSR count). The zero-order valence-corrected chi connectivity index (χ0v) is 12.3. The number of carbonyl (C=O) groups excluding carboxylic acids is 2. The van der Waals surface area contributed by atoms with Gasteiger partial charge in [-0.25, -0.2) is 0 Å². The van der Waals surface area contributed by atoms with Crippen LogP contribution in [0.25, 0.3) is 0 Å². The summed E-state index contributed by atoms with van der Waals surface area (Å²) < 4.78 is 0. The lowest BCUT2D eigenvalue weighted by Gasteiger charge is -2.09. The number of benzene rings is 1. The molecule has 0 fully saturated rings. The highest BCUT2D eigenvalue weighted by Crippen LogP contribution is 2.11. The van der Waals surface area contributed by atoms with Crippen LogP contribution in [0.2, 0.25) is 0 Å². The number of anilines is 1. The zero-order chi connectivity index (χ0) is 15.1. The fraction of sp³-hybridized carbons (Fsp3) is 0.467. The van der Waals surface area contributed by atoms with Gasteiger partial charge in [-0.3, -0.25) is 9.59 Å². The van der Waals surface area contributed by atoms with Crippen LogP contribution in [0.1, 0.15) is 37.6 Å². The van der Waals surface area contributed by atoms with Gasteiger partial charge >= 0.3 is 0 Å². The lowest BCUT2D eigenvalue weighted by atomic mass is 10.1. The Balaban J connectivity index is 2.53. The van der Waals surface area contributed by atoms with Gasteiger partial charge in [-0.1, -0.05) is 13.8 Å². The number of hydrogen-bond acceptors (Lipinski definition) is 3. The average Bonchev–Trinajstić information content (AvgIpc) is 2.38. The van der Waals surface area contributed by atoms with Gasteiger partial charge in [0.1, 0.15) is 0 Å². The summed E-state index contributed by atoms with van der Waals surface area (Å²) in [6.07, 6.45) is 0.744. The van der Waals surface area contributed by atoms with Crippen LogP contribution < -0.4 is 16.4 Å². The first-order valence-electron chi connectivity index (χ1n) is 6.85. The first-order chi connectivity index (χ1) is 9.40. The van der Waals surface area contributed by atoms with E-state index in [4.69, 9.17) is 5.73 Å². The highest BCUT2D eigenvalue weighted by molar-refractivity contribution is 5.96. The normalized spacial score (nSPS) is 12.1. The largest absolute Gasteiger partial charge is 0.352 e. The van der Waals surface area contributed by atoms with E-state index in [0.717, 1.165) is 6.42 Å². The van der Waals surface area contributed by atoms with Gasteiger partial charge in [0.2, 0.25) is 5.91 Å². The Bertz CT molecular complexity index is 453. The van der Waals surface area contributed by atoms with E-state index in [0.29, 0.717) is 17.8 Å². The molecule has 0 bridgehead atoms. The van der Waals surface area contributed by atoms with Crippen LogP contribution in [-0.4, -0.2) is 24.4 Å². The fourth-order valence-corrected chi connectivity index (χ4v) is 1.51. The summed E-state index contributed by atoms with van der Waals surface area (Å²) in [4.78, 5) is 23.4. The van der Waals surface area contributed by atoms with Gasteiger partial charge in [0.05, 0.1) is 0 Å². The van der Waals surface area contributed by atoms with E-state index >= 15 is 0 Å². The van der Waals surface area contributed by atoms with E-state index < -0.39 is 0 Å². The molecule has 0 radical (unpaired) electrons. The molecule has 20 heavy (non-hydrogen) atoms. The van der Waals surface area contributed by atoms with Crippen molar-refractivity contribution < 1.29 is 9.59 Å². The molecule has 110 valence electrons. The quantitative estimate of drug-likeness (QED) is 0.740. The topological polar surface area (TPSA) is 84.2 Å². The fourth-order valence-electron chi connectivity index (χ4n) is 1.51. The van der Waals surface area contributed by atoms with E-state index in [1.807, 2.05) is 20.8 Å². The molecule has 0 aliphatic rings. The highest BCUT2D eigenvalue weighted by atomic mass is 16.2. The Kier molecular flexibility index (Phi) is 6.18.